The lowest BCUT2D eigenvalue weighted by molar-refractivity contribution is 0.0952. The smallest absolute Gasteiger partial charge is 0.261 e. The number of hydrogen-bond donors (Lipinski definition) is 2. The number of aryl methyl sites for hydroxylation is 2. The minimum Gasteiger partial charge on any atom is -0.351 e. The summed E-state index contributed by atoms with van der Waals surface area (Å²) in [6, 6.07) is 2.07. The van der Waals surface area contributed by atoms with Gasteiger partial charge in [-0.05, 0) is 50.4 Å². The van der Waals surface area contributed by atoms with Crippen LogP contribution in [0.4, 0.5) is 0 Å². The van der Waals surface area contributed by atoms with Crippen molar-refractivity contribution in [2.45, 2.75) is 26.2 Å². The first-order valence-corrected chi connectivity index (χ1v) is 7.06. The fourth-order valence-corrected chi connectivity index (χ4v) is 3.39. The van der Waals surface area contributed by atoms with E-state index >= 15 is 0 Å². The van der Waals surface area contributed by atoms with Gasteiger partial charge in [0.2, 0.25) is 0 Å². The minimum absolute atomic E-state index is 0.0901. The molecular formula is C13H20N2OS. The highest BCUT2D eigenvalue weighted by Crippen LogP contribution is 2.30. The van der Waals surface area contributed by atoms with Crippen LogP contribution in [0.1, 0.15) is 33.5 Å². The van der Waals surface area contributed by atoms with Crippen molar-refractivity contribution in [3.05, 3.63) is 21.4 Å². The Bertz CT molecular complexity index is 379. The zero-order valence-corrected chi connectivity index (χ0v) is 11.3. The van der Waals surface area contributed by atoms with Gasteiger partial charge in [-0.3, -0.25) is 4.79 Å². The van der Waals surface area contributed by atoms with Gasteiger partial charge in [0.15, 0.2) is 0 Å². The molecule has 1 heterocycles. The Kier molecular flexibility index (Phi) is 4.18. The summed E-state index contributed by atoms with van der Waals surface area (Å²) in [4.78, 5) is 14.2. The second-order valence-corrected chi connectivity index (χ2v) is 5.92. The molecule has 0 spiro atoms. The first kappa shape index (κ1) is 12.6. The average Bonchev–Trinajstić information content (AvgIpc) is 2.86. The number of carbonyl (C=O) groups is 1. The molecule has 0 bridgehead atoms. The van der Waals surface area contributed by atoms with Crippen molar-refractivity contribution in [2.75, 3.05) is 20.1 Å². The van der Waals surface area contributed by atoms with E-state index in [1.54, 1.807) is 11.3 Å². The fraction of sp³-hybridized carbons (Fsp3) is 0.615. The normalized spacial score (nSPS) is 15.6. The molecule has 1 aromatic heterocycles. The van der Waals surface area contributed by atoms with Gasteiger partial charge < -0.3 is 10.6 Å². The van der Waals surface area contributed by atoms with Crippen molar-refractivity contribution in [1.29, 1.82) is 0 Å². The molecule has 0 saturated carbocycles. The van der Waals surface area contributed by atoms with E-state index in [0.717, 1.165) is 30.8 Å². The van der Waals surface area contributed by atoms with E-state index in [9.17, 15) is 4.79 Å². The zero-order chi connectivity index (χ0) is 12.3. The van der Waals surface area contributed by atoms with Crippen LogP contribution in [0.2, 0.25) is 0 Å². The van der Waals surface area contributed by atoms with Gasteiger partial charge in [0.05, 0.1) is 4.88 Å². The Labute approximate surface area is 107 Å². The maximum Gasteiger partial charge on any atom is 0.261 e. The standard InChI is InChI=1S/C13H20N2OS/c1-9(7-14-2)8-15-13(16)12-6-10-4-3-5-11(10)17-12/h6,9,14H,3-5,7-8H2,1-2H3,(H,15,16). The third kappa shape index (κ3) is 3.07. The molecular weight excluding hydrogens is 232 g/mol. The highest BCUT2D eigenvalue weighted by Gasteiger charge is 2.18. The summed E-state index contributed by atoms with van der Waals surface area (Å²) in [6.07, 6.45) is 3.56. The summed E-state index contributed by atoms with van der Waals surface area (Å²) < 4.78 is 0. The SMILES string of the molecule is CNCC(C)CNC(=O)c1cc2c(s1)CCC2. The third-order valence-corrected chi connectivity index (χ3v) is 4.37. The number of nitrogens with one attached hydrogen (secondary N) is 2. The lowest BCUT2D eigenvalue weighted by atomic mass is 10.2. The molecule has 1 unspecified atom stereocenters. The van der Waals surface area contributed by atoms with E-state index < -0.39 is 0 Å². The molecule has 1 amide bonds. The first-order valence-electron chi connectivity index (χ1n) is 6.25. The Balaban J connectivity index is 1.87. The summed E-state index contributed by atoms with van der Waals surface area (Å²) >= 11 is 1.67. The highest BCUT2D eigenvalue weighted by molar-refractivity contribution is 7.14. The molecule has 1 aromatic rings. The van der Waals surface area contributed by atoms with Gasteiger partial charge in [-0.2, -0.15) is 0 Å². The average molecular weight is 252 g/mol. The molecule has 3 nitrogen and oxygen atoms in total. The van der Waals surface area contributed by atoms with Gasteiger partial charge in [-0.15, -0.1) is 11.3 Å². The second kappa shape index (κ2) is 5.65. The Morgan fingerprint density at radius 1 is 1.47 bits per heavy atom. The van der Waals surface area contributed by atoms with Crippen molar-refractivity contribution in [3.8, 4) is 0 Å². The number of fused-ring (bicyclic) bond motifs is 1. The topological polar surface area (TPSA) is 41.1 Å². The van der Waals surface area contributed by atoms with Crippen LogP contribution in [0, 0.1) is 5.92 Å². The van der Waals surface area contributed by atoms with E-state index in [-0.39, 0.29) is 5.91 Å². The predicted octanol–water partition coefficient (Wildman–Crippen LogP) is 1.82. The molecule has 0 aromatic carbocycles. The van der Waals surface area contributed by atoms with E-state index in [0.29, 0.717) is 5.92 Å². The lowest BCUT2D eigenvalue weighted by Crippen LogP contribution is -2.31. The third-order valence-electron chi connectivity index (χ3n) is 3.13. The number of thiophene rings is 1. The molecule has 0 aliphatic heterocycles. The van der Waals surface area contributed by atoms with Gasteiger partial charge in [0.25, 0.3) is 5.91 Å². The van der Waals surface area contributed by atoms with Gasteiger partial charge in [0, 0.05) is 11.4 Å². The van der Waals surface area contributed by atoms with Crippen LogP contribution in [-0.4, -0.2) is 26.0 Å². The van der Waals surface area contributed by atoms with Crippen molar-refractivity contribution in [3.63, 3.8) is 0 Å². The summed E-state index contributed by atoms with van der Waals surface area (Å²) in [7, 11) is 1.93. The summed E-state index contributed by atoms with van der Waals surface area (Å²) in [6.45, 7) is 3.80. The molecule has 0 fully saturated rings. The number of carbonyl (C=O) groups excluding carboxylic acids is 1. The van der Waals surface area contributed by atoms with Crippen LogP contribution in [0.3, 0.4) is 0 Å². The number of rotatable bonds is 5. The van der Waals surface area contributed by atoms with Crippen molar-refractivity contribution in [2.24, 2.45) is 5.92 Å². The van der Waals surface area contributed by atoms with Crippen LogP contribution in [0.25, 0.3) is 0 Å². The second-order valence-electron chi connectivity index (χ2n) is 4.79. The van der Waals surface area contributed by atoms with E-state index in [1.807, 2.05) is 7.05 Å². The van der Waals surface area contributed by atoms with Crippen LogP contribution in [-0.2, 0) is 12.8 Å². The Morgan fingerprint density at radius 2 is 2.29 bits per heavy atom. The largest absolute Gasteiger partial charge is 0.351 e. The minimum atomic E-state index is 0.0901. The molecule has 17 heavy (non-hydrogen) atoms. The molecule has 2 rings (SSSR count). The molecule has 1 aliphatic carbocycles. The molecule has 94 valence electrons. The van der Waals surface area contributed by atoms with Crippen LogP contribution in [0.5, 0.6) is 0 Å². The molecule has 4 heteroatoms. The Morgan fingerprint density at radius 3 is 3.00 bits per heavy atom. The number of amides is 1. The zero-order valence-electron chi connectivity index (χ0n) is 10.5. The Hall–Kier alpha value is -0.870. The summed E-state index contributed by atoms with van der Waals surface area (Å²) in [5, 5.41) is 6.12. The van der Waals surface area contributed by atoms with Crippen molar-refractivity contribution in [1.82, 2.24) is 10.6 Å². The summed E-state index contributed by atoms with van der Waals surface area (Å²) in [5.41, 5.74) is 1.39. The lowest BCUT2D eigenvalue weighted by Gasteiger charge is -2.11. The van der Waals surface area contributed by atoms with Gasteiger partial charge in [-0.1, -0.05) is 6.92 Å². The molecule has 1 atom stereocenters. The summed E-state index contributed by atoms with van der Waals surface area (Å²) in [5.74, 6) is 0.558. The highest BCUT2D eigenvalue weighted by atomic mass is 32.1. The first-order chi connectivity index (χ1) is 8.20. The van der Waals surface area contributed by atoms with Gasteiger partial charge in [-0.25, -0.2) is 0 Å². The molecule has 0 radical (unpaired) electrons. The van der Waals surface area contributed by atoms with Crippen LogP contribution in [0.15, 0.2) is 6.07 Å². The number of hydrogen-bond acceptors (Lipinski definition) is 3. The quantitative estimate of drug-likeness (QED) is 0.839. The van der Waals surface area contributed by atoms with Crippen molar-refractivity contribution >= 4 is 17.2 Å². The van der Waals surface area contributed by atoms with Gasteiger partial charge in [0.1, 0.15) is 0 Å². The monoisotopic (exact) mass is 252 g/mol. The van der Waals surface area contributed by atoms with E-state index in [4.69, 9.17) is 0 Å². The van der Waals surface area contributed by atoms with Crippen molar-refractivity contribution < 1.29 is 4.79 Å². The fourth-order valence-electron chi connectivity index (χ4n) is 2.22. The molecule has 1 aliphatic rings. The van der Waals surface area contributed by atoms with E-state index in [1.165, 1.54) is 16.9 Å². The van der Waals surface area contributed by atoms with E-state index in [2.05, 4.69) is 23.6 Å². The van der Waals surface area contributed by atoms with Crippen LogP contribution < -0.4 is 10.6 Å². The molecule has 0 saturated heterocycles. The maximum atomic E-state index is 11.9. The predicted molar refractivity (Wildman–Crippen MR) is 71.8 cm³/mol. The molecule has 2 N–H and O–H groups in total. The maximum absolute atomic E-state index is 11.9. The van der Waals surface area contributed by atoms with Gasteiger partial charge >= 0.3 is 0 Å². The van der Waals surface area contributed by atoms with Crippen LogP contribution >= 0.6 is 11.3 Å².